The summed E-state index contributed by atoms with van der Waals surface area (Å²) in [4.78, 5) is 3.38. The van der Waals surface area contributed by atoms with E-state index < -0.39 is 0 Å². The van der Waals surface area contributed by atoms with E-state index in [0.29, 0.717) is 5.84 Å². The molecule has 3 aromatic rings. The van der Waals surface area contributed by atoms with E-state index in [0.717, 1.165) is 32.9 Å². The van der Waals surface area contributed by atoms with Crippen LogP contribution in [0, 0.1) is 5.41 Å². The molecular formula is C16H14ClN3. The number of amidine groups is 1. The van der Waals surface area contributed by atoms with Crippen molar-refractivity contribution in [2.24, 2.45) is 0 Å². The molecule has 4 heteroatoms. The molecule has 0 aliphatic rings. The van der Waals surface area contributed by atoms with Crippen LogP contribution in [-0.2, 0) is 0 Å². The molecule has 0 saturated carbocycles. The summed E-state index contributed by atoms with van der Waals surface area (Å²) in [5.74, 6) is 0.426. The second-order valence-corrected chi connectivity index (χ2v) is 5.18. The van der Waals surface area contributed by atoms with Crippen molar-refractivity contribution in [3.05, 3.63) is 53.6 Å². The summed E-state index contributed by atoms with van der Waals surface area (Å²) in [6.45, 7) is 1.72. The van der Waals surface area contributed by atoms with Crippen LogP contribution in [0.5, 0.6) is 0 Å². The molecule has 0 amide bonds. The lowest BCUT2D eigenvalue weighted by Crippen LogP contribution is -2.04. The number of aromatic nitrogens is 1. The molecular weight excluding hydrogens is 270 g/mol. The fourth-order valence-corrected chi connectivity index (χ4v) is 2.43. The lowest BCUT2D eigenvalue weighted by Gasteiger charge is -2.02. The van der Waals surface area contributed by atoms with Crippen LogP contribution in [0.15, 0.2) is 48.5 Å². The maximum absolute atomic E-state index is 7.47. The molecule has 0 bridgehead atoms. The van der Waals surface area contributed by atoms with Crippen molar-refractivity contribution < 1.29 is 0 Å². The zero-order valence-electron chi connectivity index (χ0n) is 11.0. The first-order valence-corrected chi connectivity index (χ1v) is 6.70. The zero-order valence-corrected chi connectivity index (χ0v) is 11.8. The monoisotopic (exact) mass is 283 g/mol. The van der Waals surface area contributed by atoms with Gasteiger partial charge in [-0.15, -0.1) is 0 Å². The summed E-state index contributed by atoms with van der Waals surface area (Å²) in [6.07, 6.45) is 0. The van der Waals surface area contributed by atoms with E-state index >= 15 is 0 Å². The van der Waals surface area contributed by atoms with Crippen molar-refractivity contribution in [2.75, 3.05) is 5.32 Å². The Balaban J connectivity index is 2.04. The van der Waals surface area contributed by atoms with Gasteiger partial charge in [0.05, 0.1) is 5.84 Å². The van der Waals surface area contributed by atoms with Gasteiger partial charge in [-0.2, -0.15) is 0 Å². The minimum absolute atomic E-state index is 0.426. The molecule has 0 spiro atoms. The van der Waals surface area contributed by atoms with Gasteiger partial charge < -0.3 is 10.3 Å². The number of halogens is 1. The Kier molecular flexibility index (Phi) is 3.20. The molecule has 1 heterocycles. The van der Waals surface area contributed by atoms with E-state index in [1.807, 2.05) is 42.5 Å². The van der Waals surface area contributed by atoms with Gasteiger partial charge in [-0.3, -0.25) is 5.41 Å². The second-order valence-electron chi connectivity index (χ2n) is 4.75. The molecule has 0 saturated heterocycles. The number of rotatable bonds is 2. The average molecular weight is 284 g/mol. The van der Waals surface area contributed by atoms with E-state index in [-0.39, 0.29) is 0 Å². The fraction of sp³-hybridized carbons (Fsp3) is 0.0625. The number of fused-ring (bicyclic) bond motifs is 1. The molecule has 20 heavy (non-hydrogen) atoms. The summed E-state index contributed by atoms with van der Waals surface area (Å²) in [5, 5.41) is 12.3. The van der Waals surface area contributed by atoms with Crippen LogP contribution >= 0.6 is 11.6 Å². The Labute approximate surface area is 122 Å². The molecule has 100 valence electrons. The van der Waals surface area contributed by atoms with Crippen LogP contribution in [0.25, 0.3) is 22.2 Å². The van der Waals surface area contributed by atoms with E-state index in [1.54, 1.807) is 6.92 Å². The predicted molar refractivity (Wildman–Crippen MR) is 85.8 cm³/mol. The highest BCUT2D eigenvalue weighted by Gasteiger charge is 2.05. The molecule has 3 nitrogen and oxygen atoms in total. The lowest BCUT2D eigenvalue weighted by atomic mass is 10.1. The summed E-state index contributed by atoms with van der Waals surface area (Å²) in [5.41, 5.74) is 4.08. The topological polar surface area (TPSA) is 51.7 Å². The molecule has 0 aliphatic carbocycles. The number of benzene rings is 2. The molecule has 3 rings (SSSR count). The van der Waals surface area contributed by atoms with Gasteiger partial charge >= 0.3 is 0 Å². The van der Waals surface area contributed by atoms with E-state index in [1.165, 1.54) is 0 Å². The largest absolute Gasteiger partial charge is 0.355 e. The molecule has 1 aromatic heterocycles. The lowest BCUT2D eigenvalue weighted by molar-refractivity contribution is 1.44. The van der Waals surface area contributed by atoms with Crippen LogP contribution in [0.1, 0.15) is 6.92 Å². The van der Waals surface area contributed by atoms with E-state index in [4.69, 9.17) is 17.0 Å². The Bertz CT molecular complexity index is 789. The van der Waals surface area contributed by atoms with Crippen LogP contribution < -0.4 is 5.32 Å². The maximum Gasteiger partial charge on any atom is 0.0944 e. The molecule has 0 unspecified atom stereocenters. The summed E-state index contributed by atoms with van der Waals surface area (Å²) in [7, 11) is 0. The molecule has 3 N–H and O–H groups in total. The quantitative estimate of drug-likeness (QED) is 0.455. The van der Waals surface area contributed by atoms with Crippen molar-refractivity contribution in [1.82, 2.24) is 4.98 Å². The first kappa shape index (κ1) is 12.8. The number of hydrogen-bond acceptors (Lipinski definition) is 1. The molecule has 2 aromatic carbocycles. The van der Waals surface area contributed by atoms with Crippen molar-refractivity contribution in [1.29, 1.82) is 5.41 Å². The van der Waals surface area contributed by atoms with Crippen molar-refractivity contribution in [2.45, 2.75) is 6.92 Å². The molecule has 0 fully saturated rings. The average Bonchev–Trinajstić information content (AvgIpc) is 2.81. The van der Waals surface area contributed by atoms with Gasteiger partial charge in [0.2, 0.25) is 0 Å². The van der Waals surface area contributed by atoms with Crippen LogP contribution in [0.2, 0.25) is 5.02 Å². The number of aromatic amines is 1. The van der Waals surface area contributed by atoms with Crippen LogP contribution in [0.4, 0.5) is 5.69 Å². The standard InChI is InChI=1S/C16H14ClN3/c1-10(18)19-14-5-6-15-12(8-14)9-16(20-15)11-3-2-4-13(17)7-11/h2-9,20H,1H3,(H2,18,19). The third kappa shape index (κ3) is 2.53. The van der Waals surface area contributed by atoms with Gasteiger partial charge in [-0.25, -0.2) is 0 Å². The normalized spacial score (nSPS) is 10.7. The van der Waals surface area contributed by atoms with E-state index in [9.17, 15) is 0 Å². The van der Waals surface area contributed by atoms with Crippen molar-refractivity contribution in [3.8, 4) is 11.3 Å². The summed E-state index contributed by atoms with van der Waals surface area (Å²) >= 11 is 6.03. The van der Waals surface area contributed by atoms with Crippen LogP contribution in [-0.4, -0.2) is 10.8 Å². The van der Waals surface area contributed by atoms with Gasteiger partial charge in [0.25, 0.3) is 0 Å². The van der Waals surface area contributed by atoms with Gasteiger partial charge in [0, 0.05) is 27.3 Å². The SMILES string of the molecule is CC(=N)Nc1ccc2[nH]c(-c3cccc(Cl)c3)cc2c1. The summed E-state index contributed by atoms with van der Waals surface area (Å²) in [6, 6.07) is 15.8. The van der Waals surface area contributed by atoms with Gasteiger partial charge in [0.1, 0.15) is 0 Å². The fourth-order valence-electron chi connectivity index (χ4n) is 2.24. The third-order valence-electron chi connectivity index (χ3n) is 3.09. The van der Waals surface area contributed by atoms with Gasteiger partial charge in [0.15, 0.2) is 0 Å². The Hall–Kier alpha value is -2.26. The Morgan fingerprint density at radius 3 is 2.75 bits per heavy atom. The molecule has 0 radical (unpaired) electrons. The zero-order chi connectivity index (χ0) is 14.1. The Morgan fingerprint density at radius 1 is 1.15 bits per heavy atom. The number of hydrogen-bond donors (Lipinski definition) is 3. The number of nitrogens with one attached hydrogen (secondary N) is 3. The molecule has 0 atom stereocenters. The highest BCUT2D eigenvalue weighted by Crippen LogP contribution is 2.27. The minimum Gasteiger partial charge on any atom is -0.355 e. The summed E-state index contributed by atoms with van der Waals surface area (Å²) < 4.78 is 0. The van der Waals surface area contributed by atoms with Gasteiger partial charge in [-0.1, -0.05) is 23.7 Å². The second kappa shape index (κ2) is 5.02. The minimum atomic E-state index is 0.426. The highest BCUT2D eigenvalue weighted by atomic mass is 35.5. The third-order valence-corrected chi connectivity index (χ3v) is 3.32. The van der Waals surface area contributed by atoms with Gasteiger partial charge in [-0.05, 0) is 48.9 Å². The van der Waals surface area contributed by atoms with Crippen LogP contribution in [0.3, 0.4) is 0 Å². The predicted octanol–water partition coefficient (Wildman–Crippen LogP) is 4.90. The van der Waals surface area contributed by atoms with Crippen molar-refractivity contribution in [3.63, 3.8) is 0 Å². The van der Waals surface area contributed by atoms with Crippen molar-refractivity contribution >= 4 is 34.0 Å². The van der Waals surface area contributed by atoms with E-state index in [2.05, 4.69) is 16.4 Å². The first-order chi connectivity index (χ1) is 9.61. The molecule has 0 aliphatic heterocycles. The Morgan fingerprint density at radius 2 is 2.00 bits per heavy atom. The first-order valence-electron chi connectivity index (χ1n) is 6.33. The number of anilines is 1. The smallest absolute Gasteiger partial charge is 0.0944 e. The highest BCUT2D eigenvalue weighted by molar-refractivity contribution is 6.30. The number of H-pyrrole nitrogens is 1. The maximum atomic E-state index is 7.47.